The molecule has 3 nitrogen and oxygen atoms in total. The molecule has 3 aromatic rings. The fourth-order valence-electron chi connectivity index (χ4n) is 3.00. The number of fused-ring (bicyclic) bond motifs is 1. The highest BCUT2D eigenvalue weighted by atomic mass is 32.1. The van der Waals surface area contributed by atoms with Crippen molar-refractivity contribution in [2.75, 3.05) is 0 Å². The van der Waals surface area contributed by atoms with Gasteiger partial charge in [-0.3, -0.25) is 0 Å². The van der Waals surface area contributed by atoms with Gasteiger partial charge in [-0.25, -0.2) is 0 Å². The number of rotatable bonds is 6. The van der Waals surface area contributed by atoms with Crippen molar-refractivity contribution in [1.29, 1.82) is 0 Å². The zero-order chi connectivity index (χ0) is 18.5. The van der Waals surface area contributed by atoms with Gasteiger partial charge in [0.25, 0.3) is 0 Å². The van der Waals surface area contributed by atoms with Gasteiger partial charge in [0.1, 0.15) is 5.75 Å². The molecule has 3 rings (SSSR count). The molecule has 0 bridgehead atoms. The second-order valence-corrected chi connectivity index (χ2v) is 7.31. The summed E-state index contributed by atoms with van der Waals surface area (Å²) in [6, 6.07) is 14.7. The molecule has 0 spiro atoms. The number of thiophene rings is 1. The van der Waals surface area contributed by atoms with Crippen LogP contribution < -0.4 is 0 Å². The summed E-state index contributed by atoms with van der Waals surface area (Å²) in [7, 11) is 0. The summed E-state index contributed by atoms with van der Waals surface area (Å²) in [6.07, 6.45) is 1.56. The van der Waals surface area contributed by atoms with Crippen LogP contribution in [0.1, 0.15) is 42.4 Å². The van der Waals surface area contributed by atoms with E-state index in [4.69, 9.17) is 0 Å². The van der Waals surface area contributed by atoms with Gasteiger partial charge in [-0.15, -0.1) is 17.1 Å². The normalized spacial score (nSPS) is 13.2. The van der Waals surface area contributed by atoms with E-state index in [0.29, 0.717) is 12.8 Å². The second-order valence-electron chi connectivity index (χ2n) is 6.34. The van der Waals surface area contributed by atoms with E-state index in [0.717, 1.165) is 26.8 Å². The molecule has 0 amide bonds. The third-order valence-corrected chi connectivity index (χ3v) is 5.33. The molecule has 1 heterocycles. The van der Waals surface area contributed by atoms with E-state index in [2.05, 4.69) is 5.73 Å². The molecule has 26 heavy (non-hydrogen) atoms. The van der Waals surface area contributed by atoms with E-state index in [1.165, 1.54) is 11.3 Å². The Kier molecular flexibility index (Phi) is 5.92. The molecule has 0 saturated carbocycles. The highest BCUT2D eigenvalue weighted by molar-refractivity contribution is 7.10. The van der Waals surface area contributed by atoms with Crippen molar-refractivity contribution in [2.45, 2.75) is 32.0 Å². The van der Waals surface area contributed by atoms with Crippen LogP contribution in [0.5, 0.6) is 5.75 Å². The molecular formula is C22H22O3S. The summed E-state index contributed by atoms with van der Waals surface area (Å²) in [5.41, 5.74) is 4.89. The highest BCUT2D eigenvalue weighted by Crippen LogP contribution is 2.32. The number of benzene rings is 2. The number of hydrogen-bond acceptors (Lipinski definition) is 4. The van der Waals surface area contributed by atoms with Crippen LogP contribution in [0.25, 0.3) is 10.8 Å². The van der Waals surface area contributed by atoms with Crippen LogP contribution in [-0.4, -0.2) is 15.3 Å². The van der Waals surface area contributed by atoms with E-state index < -0.39 is 12.2 Å². The molecule has 134 valence electrons. The van der Waals surface area contributed by atoms with Crippen molar-refractivity contribution in [1.82, 2.24) is 0 Å². The van der Waals surface area contributed by atoms with Gasteiger partial charge in [-0.05, 0) is 47.0 Å². The van der Waals surface area contributed by atoms with Crippen LogP contribution in [0.15, 0.2) is 71.3 Å². The standard InChI is InChI=1S/C22H22O3S/c1-15(14-21(25)22-10-5-13-26-22)6-4-9-19(23)18-11-12-20(24)17-8-3-2-7-16(17)18/h2-5,7-8,10-13,19,21,23-25H,9,14H2,1H3/t6?,19-,21-/m1/s1. The Bertz CT molecular complexity index is 937. The maximum absolute atomic E-state index is 10.5. The summed E-state index contributed by atoms with van der Waals surface area (Å²) in [4.78, 5) is 0.946. The Morgan fingerprint density at radius 3 is 2.54 bits per heavy atom. The number of phenols is 1. The first-order valence-electron chi connectivity index (χ1n) is 8.57. The van der Waals surface area contributed by atoms with E-state index in [1.807, 2.05) is 54.8 Å². The van der Waals surface area contributed by atoms with Gasteiger partial charge >= 0.3 is 0 Å². The number of phenolic OH excluding ortho intramolecular Hbond substituents is 1. The van der Waals surface area contributed by atoms with Gasteiger partial charge in [0.05, 0.1) is 12.2 Å². The van der Waals surface area contributed by atoms with E-state index in [-0.39, 0.29) is 5.75 Å². The van der Waals surface area contributed by atoms with Gasteiger partial charge < -0.3 is 15.3 Å². The van der Waals surface area contributed by atoms with E-state index >= 15 is 0 Å². The molecular weight excluding hydrogens is 344 g/mol. The van der Waals surface area contributed by atoms with Crippen molar-refractivity contribution in [2.24, 2.45) is 0 Å². The lowest BCUT2D eigenvalue weighted by atomic mass is 9.98. The molecule has 3 N–H and O–H groups in total. The summed E-state index contributed by atoms with van der Waals surface area (Å²) >= 11 is 1.54. The van der Waals surface area contributed by atoms with Crippen LogP contribution in [0.3, 0.4) is 0 Å². The Morgan fingerprint density at radius 2 is 1.81 bits per heavy atom. The van der Waals surface area contributed by atoms with Crippen molar-refractivity contribution < 1.29 is 15.3 Å². The number of aliphatic hydroxyl groups excluding tert-OH is 2. The minimum Gasteiger partial charge on any atom is -0.507 e. The third kappa shape index (κ3) is 4.24. The molecule has 0 aliphatic rings. The molecule has 1 aromatic heterocycles. The number of aromatic hydroxyl groups is 1. The first kappa shape index (κ1) is 18.4. The number of aliphatic hydroxyl groups is 2. The predicted molar refractivity (Wildman–Crippen MR) is 106 cm³/mol. The Balaban J connectivity index is 1.71. The van der Waals surface area contributed by atoms with E-state index in [1.54, 1.807) is 12.1 Å². The summed E-state index contributed by atoms with van der Waals surface area (Å²) in [6.45, 7) is 1.93. The zero-order valence-electron chi connectivity index (χ0n) is 14.6. The second kappa shape index (κ2) is 8.35. The lowest BCUT2D eigenvalue weighted by molar-refractivity contribution is 0.182. The number of hydrogen-bond donors (Lipinski definition) is 3. The van der Waals surface area contributed by atoms with Crippen molar-refractivity contribution in [3.8, 4) is 5.75 Å². The van der Waals surface area contributed by atoms with Crippen LogP contribution in [0.2, 0.25) is 0 Å². The Labute approximate surface area is 157 Å². The van der Waals surface area contributed by atoms with E-state index in [9.17, 15) is 15.3 Å². The summed E-state index contributed by atoms with van der Waals surface area (Å²) in [5.74, 6) is 0.213. The highest BCUT2D eigenvalue weighted by Gasteiger charge is 2.12. The van der Waals surface area contributed by atoms with Crippen LogP contribution in [-0.2, 0) is 0 Å². The monoisotopic (exact) mass is 366 g/mol. The van der Waals surface area contributed by atoms with Gasteiger partial charge in [0, 0.05) is 23.1 Å². The van der Waals surface area contributed by atoms with Crippen molar-refractivity contribution >= 4 is 22.1 Å². The molecule has 0 aliphatic carbocycles. The molecule has 0 fully saturated rings. The van der Waals surface area contributed by atoms with Gasteiger partial charge in [-0.1, -0.05) is 36.4 Å². The maximum Gasteiger partial charge on any atom is 0.123 e. The Hall–Kier alpha value is -2.36. The molecule has 2 atom stereocenters. The van der Waals surface area contributed by atoms with Crippen molar-refractivity contribution in [3.63, 3.8) is 0 Å². The van der Waals surface area contributed by atoms with Crippen LogP contribution in [0, 0.1) is 0 Å². The molecule has 0 radical (unpaired) electrons. The third-order valence-electron chi connectivity index (χ3n) is 4.35. The molecule has 0 saturated heterocycles. The first-order valence-corrected chi connectivity index (χ1v) is 9.45. The minimum absolute atomic E-state index is 0.213. The van der Waals surface area contributed by atoms with Crippen LogP contribution >= 0.6 is 11.3 Å². The van der Waals surface area contributed by atoms with Crippen LogP contribution in [0.4, 0.5) is 0 Å². The fraction of sp³-hybridized carbons (Fsp3) is 0.227. The SMILES string of the molecule is CC(=C=CC[C@@H](O)c1ccc(O)c2ccccc12)C[C@@H](O)c1cccs1. The van der Waals surface area contributed by atoms with Gasteiger partial charge in [-0.2, -0.15) is 0 Å². The molecule has 0 aliphatic heterocycles. The molecule has 0 unspecified atom stereocenters. The van der Waals surface area contributed by atoms with Crippen molar-refractivity contribution in [3.05, 3.63) is 81.7 Å². The largest absolute Gasteiger partial charge is 0.507 e. The molecule has 4 heteroatoms. The van der Waals surface area contributed by atoms with Gasteiger partial charge in [0.2, 0.25) is 0 Å². The quantitative estimate of drug-likeness (QED) is 0.522. The lowest BCUT2D eigenvalue weighted by Crippen LogP contribution is -1.97. The minimum atomic E-state index is -0.678. The Morgan fingerprint density at radius 1 is 1.04 bits per heavy atom. The lowest BCUT2D eigenvalue weighted by Gasteiger charge is -2.12. The topological polar surface area (TPSA) is 60.7 Å². The smallest absolute Gasteiger partial charge is 0.123 e. The molecule has 2 aromatic carbocycles. The average Bonchev–Trinajstić information content (AvgIpc) is 3.17. The maximum atomic E-state index is 10.5. The zero-order valence-corrected chi connectivity index (χ0v) is 15.4. The summed E-state index contributed by atoms with van der Waals surface area (Å²) < 4.78 is 0. The fourth-order valence-corrected chi connectivity index (χ4v) is 3.71. The predicted octanol–water partition coefficient (Wildman–Crippen LogP) is 5.26. The summed E-state index contributed by atoms with van der Waals surface area (Å²) in [5, 5.41) is 34.2. The first-order chi connectivity index (χ1) is 12.6. The average molecular weight is 366 g/mol. The van der Waals surface area contributed by atoms with Gasteiger partial charge in [0.15, 0.2) is 0 Å².